The molecule has 106 valence electrons. The van der Waals surface area contributed by atoms with Crippen molar-refractivity contribution in [1.29, 1.82) is 0 Å². The van der Waals surface area contributed by atoms with Gasteiger partial charge < -0.3 is 15.0 Å². The number of alkyl halides is 2. The van der Waals surface area contributed by atoms with Crippen LogP contribution in [0.5, 0.6) is 5.75 Å². The largest absolute Gasteiger partial charge is 0.434 e. The molecule has 1 fully saturated rings. The smallest absolute Gasteiger partial charge is 0.387 e. The first-order chi connectivity index (χ1) is 9.74. The first kappa shape index (κ1) is 13.1. The number of imidazole rings is 1. The number of aromatic nitrogens is 2. The molecule has 0 aliphatic carbocycles. The summed E-state index contributed by atoms with van der Waals surface area (Å²) in [6, 6.07) is 6.71. The second kappa shape index (κ2) is 5.58. The number of nitrogens with one attached hydrogen (secondary N) is 2. The lowest BCUT2D eigenvalue weighted by Gasteiger charge is -2.09. The lowest BCUT2D eigenvalue weighted by molar-refractivity contribution is -0.0494. The summed E-state index contributed by atoms with van der Waals surface area (Å²) < 4.78 is 29.4. The van der Waals surface area contributed by atoms with E-state index in [2.05, 4.69) is 20.0 Å². The molecule has 1 atom stereocenters. The number of hydrogen-bond acceptors (Lipinski definition) is 3. The van der Waals surface area contributed by atoms with E-state index in [0.717, 1.165) is 25.3 Å². The maximum atomic E-state index is 12.4. The van der Waals surface area contributed by atoms with Crippen molar-refractivity contribution in [3.05, 3.63) is 36.3 Å². The number of H-pyrrole nitrogens is 1. The van der Waals surface area contributed by atoms with Gasteiger partial charge in [-0.15, -0.1) is 0 Å². The average Bonchev–Trinajstić information content (AvgIpc) is 3.10. The second-order valence-electron chi connectivity index (χ2n) is 4.75. The van der Waals surface area contributed by atoms with Crippen LogP contribution in [0.25, 0.3) is 11.3 Å². The van der Waals surface area contributed by atoms with Gasteiger partial charge in [0.25, 0.3) is 0 Å². The Morgan fingerprint density at radius 3 is 2.90 bits per heavy atom. The Morgan fingerprint density at radius 1 is 1.30 bits per heavy atom. The number of rotatable bonds is 4. The third-order valence-corrected chi connectivity index (χ3v) is 3.44. The fourth-order valence-electron chi connectivity index (χ4n) is 2.46. The highest BCUT2D eigenvalue weighted by molar-refractivity contribution is 5.66. The van der Waals surface area contributed by atoms with E-state index in [1.165, 1.54) is 6.07 Å². The molecule has 6 heteroatoms. The SMILES string of the molecule is FC(F)Oc1ccccc1-c1cnc(C2CCNC2)[nH]1. The van der Waals surface area contributed by atoms with Crippen LogP contribution in [-0.4, -0.2) is 29.7 Å². The van der Waals surface area contributed by atoms with Crippen LogP contribution in [0.1, 0.15) is 18.2 Å². The van der Waals surface area contributed by atoms with Gasteiger partial charge in [-0.3, -0.25) is 0 Å². The van der Waals surface area contributed by atoms with Crippen molar-refractivity contribution in [2.45, 2.75) is 19.0 Å². The van der Waals surface area contributed by atoms with Gasteiger partial charge in [-0.2, -0.15) is 8.78 Å². The van der Waals surface area contributed by atoms with Gasteiger partial charge in [0.05, 0.1) is 11.9 Å². The van der Waals surface area contributed by atoms with Crippen LogP contribution in [0.2, 0.25) is 0 Å². The zero-order valence-corrected chi connectivity index (χ0v) is 10.8. The molecule has 0 bridgehead atoms. The average molecular weight is 279 g/mol. The molecule has 1 aromatic carbocycles. The van der Waals surface area contributed by atoms with Crippen LogP contribution in [0.15, 0.2) is 30.5 Å². The van der Waals surface area contributed by atoms with E-state index in [9.17, 15) is 8.78 Å². The summed E-state index contributed by atoms with van der Waals surface area (Å²) in [6.45, 7) is -0.967. The van der Waals surface area contributed by atoms with Gasteiger partial charge in [-0.25, -0.2) is 4.98 Å². The number of halogens is 2. The van der Waals surface area contributed by atoms with Crippen LogP contribution in [0, 0.1) is 0 Å². The van der Waals surface area contributed by atoms with Gasteiger partial charge in [0.2, 0.25) is 0 Å². The Bertz CT molecular complexity index is 579. The fourth-order valence-corrected chi connectivity index (χ4v) is 2.46. The third-order valence-electron chi connectivity index (χ3n) is 3.44. The summed E-state index contributed by atoms with van der Waals surface area (Å²) in [5.74, 6) is 1.39. The van der Waals surface area contributed by atoms with Crippen molar-refractivity contribution >= 4 is 0 Å². The zero-order valence-electron chi connectivity index (χ0n) is 10.8. The van der Waals surface area contributed by atoms with Crippen molar-refractivity contribution in [3.63, 3.8) is 0 Å². The summed E-state index contributed by atoms with van der Waals surface area (Å²) in [5, 5.41) is 3.27. The maximum absolute atomic E-state index is 12.4. The lowest BCUT2D eigenvalue weighted by Crippen LogP contribution is -2.08. The fraction of sp³-hybridized carbons (Fsp3) is 0.357. The number of hydrogen-bond donors (Lipinski definition) is 2. The topological polar surface area (TPSA) is 49.9 Å². The van der Waals surface area contributed by atoms with Gasteiger partial charge in [-0.1, -0.05) is 12.1 Å². The molecule has 0 radical (unpaired) electrons. The molecule has 1 saturated heterocycles. The molecule has 1 aliphatic rings. The Morgan fingerprint density at radius 2 is 2.15 bits per heavy atom. The van der Waals surface area contributed by atoms with Gasteiger partial charge in [0.15, 0.2) is 0 Å². The zero-order chi connectivity index (χ0) is 13.9. The number of benzene rings is 1. The molecule has 2 aromatic rings. The first-order valence-corrected chi connectivity index (χ1v) is 6.54. The summed E-state index contributed by atoms with van der Waals surface area (Å²) in [7, 11) is 0. The summed E-state index contributed by atoms with van der Waals surface area (Å²) in [6.07, 6.45) is 2.70. The molecule has 3 rings (SSSR count). The summed E-state index contributed by atoms with van der Waals surface area (Å²) in [5.41, 5.74) is 1.29. The number of ether oxygens (including phenoxy) is 1. The lowest BCUT2D eigenvalue weighted by atomic mass is 10.1. The number of aromatic amines is 1. The highest BCUT2D eigenvalue weighted by atomic mass is 19.3. The maximum Gasteiger partial charge on any atom is 0.387 e. The monoisotopic (exact) mass is 279 g/mol. The Hall–Kier alpha value is -1.95. The molecule has 1 aromatic heterocycles. The molecule has 4 nitrogen and oxygen atoms in total. The van der Waals surface area contributed by atoms with E-state index >= 15 is 0 Å². The number of nitrogens with zero attached hydrogens (tertiary/aromatic N) is 1. The van der Waals surface area contributed by atoms with Gasteiger partial charge in [-0.05, 0) is 25.1 Å². The molecular weight excluding hydrogens is 264 g/mol. The molecule has 0 amide bonds. The minimum atomic E-state index is -2.84. The van der Waals surface area contributed by atoms with E-state index in [0.29, 0.717) is 17.2 Å². The Balaban J connectivity index is 1.89. The third kappa shape index (κ3) is 2.65. The summed E-state index contributed by atoms with van der Waals surface area (Å²) >= 11 is 0. The standard InChI is InChI=1S/C14H15F2N3O/c15-14(16)20-12-4-2-1-3-10(12)11-8-18-13(19-11)9-5-6-17-7-9/h1-4,8-9,14,17H,5-7H2,(H,18,19). The van der Waals surface area contributed by atoms with E-state index in [4.69, 9.17) is 0 Å². The molecule has 1 aliphatic heterocycles. The first-order valence-electron chi connectivity index (χ1n) is 6.54. The van der Waals surface area contributed by atoms with Crippen molar-refractivity contribution in [2.24, 2.45) is 0 Å². The predicted molar refractivity (Wildman–Crippen MR) is 70.9 cm³/mol. The molecule has 0 spiro atoms. The van der Waals surface area contributed by atoms with Gasteiger partial charge in [0, 0.05) is 18.0 Å². The molecule has 2 heterocycles. The summed E-state index contributed by atoms with van der Waals surface area (Å²) in [4.78, 5) is 7.57. The predicted octanol–water partition coefficient (Wildman–Crippen LogP) is 2.75. The van der Waals surface area contributed by atoms with Gasteiger partial charge in [0.1, 0.15) is 11.6 Å². The molecule has 0 saturated carbocycles. The second-order valence-corrected chi connectivity index (χ2v) is 4.75. The normalized spacial score (nSPS) is 18.6. The Labute approximate surface area is 115 Å². The minimum absolute atomic E-state index is 0.155. The van der Waals surface area contributed by atoms with Crippen LogP contribution in [0.4, 0.5) is 8.78 Å². The van der Waals surface area contributed by atoms with Crippen LogP contribution in [0.3, 0.4) is 0 Å². The molecule has 2 N–H and O–H groups in total. The van der Waals surface area contributed by atoms with E-state index in [-0.39, 0.29) is 5.75 Å². The van der Waals surface area contributed by atoms with Crippen LogP contribution < -0.4 is 10.1 Å². The van der Waals surface area contributed by atoms with E-state index in [1.807, 2.05) is 0 Å². The Kier molecular flexibility index (Phi) is 3.64. The highest BCUT2D eigenvalue weighted by Crippen LogP contribution is 2.31. The van der Waals surface area contributed by atoms with Crippen molar-refractivity contribution in [1.82, 2.24) is 15.3 Å². The quantitative estimate of drug-likeness (QED) is 0.904. The van der Waals surface area contributed by atoms with E-state index in [1.54, 1.807) is 24.4 Å². The van der Waals surface area contributed by atoms with Crippen LogP contribution in [-0.2, 0) is 0 Å². The van der Waals surface area contributed by atoms with Crippen molar-refractivity contribution in [2.75, 3.05) is 13.1 Å². The number of para-hydroxylation sites is 1. The van der Waals surface area contributed by atoms with Gasteiger partial charge >= 0.3 is 6.61 Å². The molecule has 20 heavy (non-hydrogen) atoms. The van der Waals surface area contributed by atoms with Crippen molar-refractivity contribution in [3.8, 4) is 17.0 Å². The highest BCUT2D eigenvalue weighted by Gasteiger charge is 2.20. The minimum Gasteiger partial charge on any atom is -0.434 e. The molecular formula is C14H15F2N3O. The molecule has 1 unspecified atom stereocenters. The van der Waals surface area contributed by atoms with E-state index < -0.39 is 6.61 Å². The van der Waals surface area contributed by atoms with Crippen LogP contribution >= 0.6 is 0 Å². The van der Waals surface area contributed by atoms with Crippen molar-refractivity contribution < 1.29 is 13.5 Å².